The summed E-state index contributed by atoms with van der Waals surface area (Å²) in [5, 5.41) is 5.99. The molecular weight excluding hydrogens is 320 g/mol. The van der Waals surface area contributed by atoms with E-state index in [1.54, 1.807) is 11.8 Å². The molecule has 96 valence electrons. The summed E-state index contributed by atoms with van der Waals surface area (Å²) in [6.45, 7) is 1.93. The first kappa shape index (κ1) is 12.8. The van der Waals surface area contributed by atoms with Gasteiger partial charge in [-0.3, -0.25) is 4.99 Å². The number of hydrogen-bond donors (Lipinski definition) is 0. The van der Waals surface area contributed by atoms with E-state index < -0.39 is 0 Å². The van der Waals surface area contributed by atoms with Crippen LogP contribution in [0.3, 0.4) is 0 Å². The number of thioether (sulfide) groups is 1. The van der Waals surface area contributed by atoms with Gasteiger partial charge in [0.2, 0.25) is 0 Å². The van der Waals surface area contributed by atoms with Gasteiger partial charge in [-0.15, -0.1) is 0 Å². The Morgan fingerprint density at radius 2 is 1.89 bits per heavy atom. The van der Waals surface area contributed by atoms with E-state index in [2.05, 4.69) is 57.8 Å². The summed E-state index contributed by atoms with van der Waals surface area (Å²) in [6, 6.07) is 15.1. The summed E-state index contributed by atoms with van der Waals surface area (Å²) in [5.41, 5.74) is 2.61. The minimum absolute atomic E-state index is 0. The molecular formula is C15H12BrN2S-. The second kappa shape index (κ2) is 5.02. The Labute approximate surface area is 127 Å². The maximum atomic E-state index is 4.51. The first-order valence-electron chi connectivity index (χ1n) is 6.10. The Balaban J connectivity index is 0.00000110. The molecule has 0 amide bonds. The van der Waals surface area contributed by atoms with E-state index in [-0.39, 0.29) is 17.0 Å². The van der Waals surface area contributed by atoms with Crippen LogP contribution in [0.1, 0.15) is 5.56 Å². The van der Waals surface area contributed by atoms with Gasteiger partial charge < -0.3 is 21.9 Å². The summed E-state index contributed by atoms with van der Waals surface area (Å²) in [6.07, 6.45) is 0. The smallest absolute Gasteiger partial charge is 0.168 e. The van der Waals surface area contributed by atoms with Gasteiger partial charge in [0.25, 0.3) is 0 Å². The number of rotatable bonds is 1. The number of halogens is 1. The molecule has 0 aromatic heterocycles. The fourth-order valence-corrected chi connectivity index (χ4v) is 3.53. The highest BCUT2D eigenvalue weighted by atomic mass is 79.9. The Kier molecular flexibility index (Phi) is 3.37. The van der Waals surface area contributed by atoms with Gasteiger partial charge in [0.1, 0.15) is 0 Å². The van der Waals surface area contributed by atoms with Crippen molar-refractivity contribution < 1.29 is 17.0 Å². The van der Waals surface area contributed by atoms with Crippen LogP contribution in [-0.4, -0.2) is 23.2 Å². The van der Waals surface area contributed by atoms with Crippen molar-refractivity contribution in [3.63, 3.8) is 0 Å². The first-order valence-corrected chi connectivity index (χ1v) is 6.98. The molecule has 19 heavy (non-hydrogen) atoms. The molecule has 0 fully saturated rings. The predicted molar refractivity (Wildman–Crippen MR) is 78.5 cm³/mol. The van der Waals surface area contributed by atoms with Crippen molar-refractivity contribution in [3.8, 4) is 0 Å². The van der Waals surface area contributed by atoms with Gasteiger partial charge in [-0.2, -0.15) is 0 Å². The average Bonchev–Trinajstić information content (AvgIpc) is 3.01. The van der Waals surface area contributed by atoms with Gasteiger partial charge in [0, 0.05) is 17.5 Å². The molecule has 0 saturated heterocycles. The minimum atomic E-state index is 0. The van der Waals surface area contributed by atoms with Crippen LogP contribution >= 0.6 is 11.8 Å². The molecule has 0 atom stereocenters. The standard InChI is InChI=1S/C15H12N2S.BrH/c1-2-6-12-11(4-1)5-3-7-13(12)14-10-18-15-16-8-9-17(14)15;/h1-7,10H,8-9H2;1H/p-1. The summed E-state index contributed by atoms with van der Waals surface area (Å²) in [7, 11) is 0. The summed E-state index contributed by atoms with van der Waals surface area (Å²) < 4.78 is 0. The highest BCUT2D eigenvalue weighted by Crippen LogP contribution is 2.37. The molecule has 2 nitrogen and oxygen atoms in total. The molecule has 2 aromatic carbocycles. The van der Waals surface area contributed by atoms with Gasteiger partial charge in [-0.1, -0.05) is 54.2 Å². The first-order chi connectivity index (χ1) is 8.93. The number of fused-ring (bicyclic) bond motifs is 2. The van der Waals surface area contributed by atoms with Crippen LogP contribution in [0.4, 0.5) is 0 Å². The molecule has 0 bridgehead atoms. The van der Waals surface area contributed by atoms with E-state index in [0.717, 1.165) is 18.3 Å². The monoisotopic (exact) mass is 331 g/mol. The highest BCUT2D eigenvalue weighted by Gasteiger charge is 2.27. The third-order valence-corrected chi connectivity index (χ3v) is 4.34. The zero-order valence-corrected chi connectivity index (χ0v) is 12.6. The van der Waals surface area contributed by atoms with E-state index in [0.29, 0.717) is 0 Å². The fourth-order valence-electron chi connectivity index (χ4n) is 2.58. The highest BCUT2D eigenvalue weighted by molar-refractivity contribution is 8.16. The van der Waals surface area contributed by atoms with E-state index in [9.17, 15) is 0 Å². The zero-order valence-electron chi connectivity index (χ0n) is 10.2. The third-order valence-electron chi connectivity index (χ3n) is 3.43. The second-order valence-corrected chi connectivity index (χ2v) is 5.30. The van der Waals surface area contributed by atoms with Crippen molar-refractivity contribution in [2.75, 3.05) is 13.1 Å². The summed E-state index contributed by atoms with van der Waals surface area (Å²) in [5.74, 6) is 0. The number of benzene rings is 2. The van der Waals surface area contributed by atoms with E-state index in [1.807, 2.05) is 0 Å². The number of nitrogens with zero attached hydrogens (tertiary/aromatic N) is 2. The molecule has 0 unspecified atom stereocenters. The van der Waals surface area contributed by atoms with Crippen LogP contribution in [0, 0.1) is 0 Å². The number of aliphatic imine (C=N–C) groups is 1. The number of amidine groups is 1. The van der Waals surface area contributed by atoms with Gasteiger partial charge >= 0.3 is 0 Å². The molecule has 0 saturated carbocycles. The third kappa shape index (κ3) is 1.99. The van der Waals surface area contributed by atoms with Crippen molar-refractivity contribution in [1.29, 1.82) is 0 Å². The fraction of sp³-hybridized carbons (Fsp3) is 0.133. The summed E-state index contributed by atoms with van der Waals surface area (Å²) in [4.78, 5) is 6.83. The lowest BCUT2D eigenvalue weighted by Gasteiger charge is -2.18. The molecule has 4 heteroatoms. The van der Waals surface area contributed by atoms with Crippen LogP contribution in [0.15, 0.2) is 52.9 Å². The van der Waals surface area contributed by atoms with Crippen LogP contribution in [0.2, 0.25) is 0 Å². The van der Waals surface area contributed by atoms with E-state index in [4.69, 9.17) is 0 Å². The molecule has 0 N–H and O–H groups in total. The van der Waals surface area contributed by atoms with Gasteiger partial charge in [0.15, 0.2) is 5.17 Å². The van der Waals surface area contributed by atoms with Crippen LogP contribution < -0.4 is 17.0 Å². The molecule has 0 spiro atoms. The summed E-state index contributed by atoms with van der Waals surface area (Å²) >= 11 is 1.74. The lowest BCUT2D eigenvalue weighted by molar-refractivity contribution is -0.00000340. The van der Waals surface area contributed by atoms with Crippen LogP contribution in [0.5, 0.6) is 0 Å². The van der Waals surface area contributed by atoms with Crippen LogP contribution in [-0.2, 0) is 0 Å². The molecule has 2 aromatic rings. The normalized spacial score (nSPS) is 16.9. The minimum Gasteiger partial charge on any atom is -1.00 e. The lowest BCUT2D eigenvalue weighted by Crippen LogP contribution is -3.00. The van der Waals surface area contributed by atoms with E-state index in [1.165, 1.54) is 22.0 Å². The van der Waals surface area contributed by atoms with Crippen molar-refractivity contribution >= 4 is 33.4 Å². The van der Waals surface area contributed by atoms with E-state index >= 15 is 0 Å². The van der Waals surface area contributed by atoms with Crippen LogP contribution in [0.25, 0.3) is 16.5 Å². The molecule has 2 heterocycles. The Morgan fingerprint density at radius 3 is 2.84 bits per heavy atom. The topological polar surface area (TPSA) is 15.6 Å². The molecule has 2 aliphatic rings. The number of hydrogen-bond acceptors (Lipinski definition) is 3. The molecule has 0 radical (unpaired) electrons. The Morgan fingerprint density at radius 1 is 1.05 bits per heavy atom. The largest absolute Gasteiger partial charge is 1.00 e. The second-order valence-electron chi connectivity index (χ2n) is 4.46. The maximum absolute atomic E-state index is 4.51. The predicted octanol–water partition coefficient (Wildman–Crippen LogP) is 0.561. The zero-order chi connectivity index (χ0) is 11.9. The molecule has 0 aliphatic carbocycles. The SMILES string of the molecule is C1=C(c2cccc3ccccc23)N2CCN=C2S1.[Br-]. The molecule has 4 rings (SSSR count). The van der Waals surface area contributed by atoms with Gasteiger partial charge in [0.05, 0.1) is 12.2 Å². The lowest BCUT2D eigenvalue weighted by atomic mass is 10.0. The van der Waals surface area contributed by atoms with Crippen molar-refractivity contribution in [2.45, 2.75) is 0 Å². The van der Waals surface area contributed by atoms with Crippen molar-refractivity contribution in [2.24, 2.45) is 4.99 Å². The quantitative estimate of drug-likeness (QED) is 0.759. The van der Waals surface area contributed by atoms with Crippen molar-refractivity contribution in [1.82, 2.24) is 4.90 Å². The average molecular weight is 332 g/mol. The Hall–Kier alpha value is -1.26. The van der Waals surface area contributed by atoms with Gasteiger partial charge in [-0.25, -0.2) is 0 Å². The molecule has 2 aliphatic heterocycles. The van der Waals surface area contributed by atoms with Crippen molar-refractivity contribution in [3.05, 3.63) is 53.4 Å². The maximum Gasteiger partial charge on any atom is 0.168 e. The van der Waals surface area contributed by atoms with Gasteiger partial charge in [-0.05, 0) is 10.8 Å². The Bertz CT molecular complexity index is 688.